The van der Waals surface area contributed by atoms with Gasteiger partial charge in [0.25, 0.3) is 0 Å². The van der Waals surface area contributed by atoms with E-state index in [0.29, 0.717) is 43.7 Å². The van der Waals surface area contributed by atoms with Gasteiger partial charge >= 0.3 is 12.0 Å². The first kappa shape index (κ1) is 23.3. The average molecular weight is 456 g/mol. The quantitative estimate of drug-likeness (QED) is 0.556. The van der Waals surface area contributed by atoms with Gasteiger partial charge in [0.1, 0.15) is 5.54 Å². The number of nitrogens with two attached hydrogens (primary N) is 1. The van der Waals surface area contributed by atoms with Crippen LogP contribution in [0.5, 0.6) is 0 Å². The summed E-state index contributed by atoms with van der Waals surface area (Å²) in [6, 6.07) is 8.42. The van der Waals surface area contributed by atoms with E-state index in [-0.39, 0.29) is 11.9 Å². The van der Waals surface area contributed by atoms with Crippen LogP contribution in [0.15, 0.2) is 41.6 Å². The van der Waals surface area contributed by atoms with E-state index < -0.39 is 17.6 Å². The largest absolute Gasteiger partial charge is 0.466 e. The Morgan fingerprint density at radius 1 is 1.09 bits per heavy atom. The first-order chi connectivity index (χ1) is 15.9. The third-order valence-corrected chi connectivity index (χ3v) is 7.18. The molecule has 1 aromatic rings. The van der Waals surface area contributed by atoms with E-state index >= 15 is 0 Å². The monoisotopic (exact) mass is 455 g/mol. The molecule has 4 rings (SSSR count). The number of methoxy groups -OCH3 is 1. The fourth-order valence-corrected chi connectivity index (χ4v) is 5.33. The van der Waals surface area contributed by atoms with Crippen molar-refractivity contribution in [2.75, 3.05) is 39.8 Å². The number of esters is 1. The standard InChI is InChI=1S/C24H33N5O4/c1-33-21(30)19-18(26-23(32)27-20(19)17-8-4-2-5-9-17)16-28-14-10-24(11-15-28,22(25)31)29-12-6-3-7-13-29/h2,4-5,8-9,20H,3,6-7,10-16H2,1H3,(H2,25,31)(H2,26,27,32)/t20-/m0/s1. The van der Waals surface area contributed by atoms with Crippen molar-refractivity contribution in [2.24, 2.45) is 5.73 Å². The molecule has 2 fully saturated rings. The summed E-state index contributed by atoms with van der Waals surface area (Å²) in [5.41, 5.74) is 7.03. The molecule has 3 aliphatic rings. The van der Waals surface area contributed by atoms with Crippen molar-refractivity contribution < 1.29 is 19.1 Å². The van der Waals surface area contributed by atoms with Crippen molar-refractivity contribution in [1.82, 2.24) is 20.4 Å². The predicted molar refractivity (Wildman–Crippen MR) is 123 cm³/mol. The highest BCUT2D eigenvalue weighted by atomic mass is 16.5. The highest BCUT2D eigenvalue weighted by Gasteiger charge is 2.45. The van der Waals surface area contributed by atoms with E-state index in [4.69, 9.17) is 10.5 Å². The second kappa shape index (κ2) is 9.93. The predicted octanol–water partition coefficient (Wildman–Crippen LogP) is 1.27. The summed E-state index contributed by atoms with van der Waals surface area (Å²) in [4.78, 5) is 42.2. The number of piperidine rings is 2. The number of carbonyl (C=O) groups is 3. The fraction of sp³-hybridized carbons (Fsp3) is 0.542. The molecule has 2 saturated heterocycles. The minimum absolute atomic E-state index is 0.252. The van der Waals surface area contributed by atoms with Gasteiger partial charge < -0.3 is 21.1 Å². The number of hydrogen-bond acceptors (Lipinski definition) is 6. The maximum atomic E-state index is 12.8. The number of ether oxygens (including phenoxy) is 1. The Kier molecular flexibility index (Phi) is 6.99. The molecule has 4 N–H and O–H groups in total. The van der Waals surface area contributed by atoms with Crippen LogP contribution in [0.1, 0.15) is 43.7 Å². The number of benzene rings is 1. The highest BCUT2D eigenvalue weighted by Crippen LogP contribution is 2.33. The minimum atomic E-state index is -0.611. The first-order valence-corrected chi connectivity index (χ1v) is 11.7. The van der Waals surface area contributed by atoms with Crippen LogP contribution in [0, 0.1) is 0 Å². The zero-order valence-electron chi connectivity index (χ0n) is 19.1. The van der Waals surface area contributed by atoms with Gasteiger partial charge in [-0.1, -0.05) is 36.8 Å². The van der Waals surface area contributed by atoms with Crippen LogP contribution < -0.4 is 16.4 Å². The molecule has 0 aromatic heterocycles. The van der Waals surface area contributed by atoms with Crippen molar-refractivity contribution in [2.45, 2.75) is 43.7 Å². The Balaban J connectivity index is 1.55. The number of nitrogens with zero attached hydrogens (tertiary/aromatic N) is 2. The number of carbonyl (C=O) groups excluding carboxylic acids is 3. The van der Waals surface area contributed by atoms with Gasteiger partial charge in [-0.15, -0.1) is 0 Å². The summed E-state index contributed by atoms with van der Waals surface area (Å²) >= 11 is 0. The van der Waals surface area contributed by atoms with Crippen LogP contribution in [0.2, 0.25) is 0 Å². The van der Waals surface area contributed by atoms with Crippen LogP contribution in [0.3, 0.4) is 0 Å². The lowest BCUT2D eigenvalue weighted by Gasteiger charge is -2.48. The SMILES string of the molecule is COC(=O)C1=C(CN2CCC(C(N)=O)(N3CCCCC3)CC2)NC(=O)N[C@H]1c1ccccc1. The van der Waals surface area contributed by atoms with Gasteiger partial charge in [-0.05, 0) is 44.3 Å². The van der Waals surface area contributed by atoms with E-state index in [0.717, 1.165) is 31.5 Å². The zero-order chi connectivity index (χ0) is 23.4. The molecule has 0 bridgehead atoms. The average Bonchev–Trinajstić information content (AvgIpc) is 2.85. The number of likely N-dealkylation sites (tertiary alicyclic amines) is 2. The molecule has 0 saturated carbocycles. The van der Waals surface area contributed by atoms with Gasteiger partial charge in [0, 0.05) is 25.3 Å². The Morgan fingerprint density at radius 3 is 2.36 bits per heavy atom. The number of primary amides is 1. The molecule has 0 unspecified atom stereocenters. The summed E-state index contributed by atoms with van der Waals surface area (Å²) in [6.07, 6.45) is 4.65. The summed E-state index contributed by atoms with van der Waals surface area (Å²) in [5.74, 6) is -0.735. The van der Waals surface area contributed by atoms with Crippen LogP contribution in [0.25, 0.3) is 0 Å². The van der Waals surface area contributed by atoms with Gasteiger partial charge in [-0.2, -0.15) is 0 Å². The van der Waals surface area contributed by atoms with Crippen LogP contribution in [-0.2, 0) is 14.3 Å². The van der Waals surface area contributed by atoms with E-state index in [2.05, 4.69) is 20.4 Å². The molecule has 9 heteroatoms. The molecule has 3 aliphatic heterocycles. The topological polar surface area (TPSA) is 117 Å². The maximum absolute atomic E-state index is 12.8. The summed E-state index contributed by atoms with van der Waals surface area (Å²) in [5, 5.41) is 5.66. The molecule has 0 aliphatic carbocycles. The molecular formula is C24H33N5O4. The number of amides is 3. The highest BCUT2D eigenvalue weighted by molar-refractivity contribution is 5.95. The maximum Gasteiger partial charge on any atom is 0.338 e. The first-order valence-electron chi connectivity index (χ1n) is 11.7. The van der Waals surface area contributed by atoms with E-state index in [1.165, 1.54) is 13.5 Å². The van der Waals surface area contributed by atoms with Crippen molar-refractivity contribution >= 4 is 17.9 Å². The summed E-state index contributed by atoms with van der Waals surface area (Å²) in [6.45, 7) is 3.49. The second-order valence-corrected chi connectivity index (χ2v) is 9.05. The molecule has 178 valence electrons. The Bertz CT molecular complexity index is 918. The van der Waals surface area contributed by atoms with E-state index in [1.54, 1.807) is 0 Å². The molecule has 9 nitrogen and oxygen atoms in total. The van der Waals surface area contributed by atoms with Gasteiger partial charge in [0.15, 0.2) is 0 Å². The van der Waals surface area contributed by atoms with Crippen LogP contribution in [-0.4, -0.2) is 73.1 Å². The number of rotatable bonds is 6. The Morgan fingerprint density at radius 2 is 1.76 bits per heavy atom. The van der Waals surface area contributed by atoms with E-state index in [1.807, 2.05) is 30.3 Å². The van der Waals surface area contributed by atoms with Crippen LogP contribution >= 0.6 is 0 Å². The Hall–Kier alpha value is -2.91. The summed E-state index contributed by atoms with van der Waals surface area (Å²) < 4.78 is 5.07. The molecular weight excluding hydrogens is 422 g/mol. The van der Waals surface area contributed by atoms with Crippen LogP contribution in [0.4, 0.5) is 4.79 Å². The molecule has 33 heavy (non-hydrogen) atoms. The van der Waals surface area contributed by atoms with Crippen molar-refractivity contribution in [3.8, 4) is 0 Å². The number of nitrogens with one attached hydrogen (secondary N) is 2. The van der Waals surface area contributed by atoms with Crippen molar-refractivity contribution in [3.63, 3.8) is 0 Å². The van der Waals surface area contributed by atoms with E-state index in [9.17, 15) is 14.4 Å². The Labute approximate surface area is 194 Å². The second-order valence-electron chi connectivity index (χ2n) is 9.05. The molecule has 3 amide bonds. The lowest BCUT2D eigenvalue weighted by Crippen LogP contribution is -2.63. The number of hydrogen-bond donors (Lipinski definition) is 3. The molecule has 1 atom stereocenters. The molecule has 0 radical (unpaired) electrons. The zero-order valence-corrected chi connectivity index (χ0v) is 19.1. The smallest absolute Gasteiger partial charge is 0.338 e. The normalized spacial score (nSPS) is 24.0. The third-order valence-electron chi connectivity index (χ3n) is 7.18. The van der Waals surface area contributed by atoms with Gasteiger partial charge in [-0.3, -0.25) is 14.6 Å². The lowest BCUT2D eigenvalue weighted by atomic mass is 9.83. The summed E-state index contributed by atoms with van der Waals surface area (Å²) in [7, 11) is 1.34. The van der Waals surface area contributed by atoms with Gasteiger partial charge in [0.2, 0.25) is 5.91 Å². The third kappa shape index (κ3) is 4.74. The minimum Gasteiger partial charge on any atom is -0.466 e. The molecule has 0 spiro atoms. The molecule has 1 aromatic carbocycles. The van der Waals surface area contributed by atoms with Crippen molar-refractivity contribution in [3.05, 3.63) is 47.2 Å². The molecule has 3 heterocycles. The van der Waals surface area contributed by atoms with Crippen molar-refractivity contribution in [1.29, 1.82) is 0 Å². The van der Waals surface area contributed by atoms with Gasteiger partial charge in [-0.25, -0.2) is 9.59 Å². The lowest BCUT2D eigenvalue weighted by molar-refractivity contribution is -0.136. The van der Waals surface area contributed by atoms with Gasteiger partial charge in [0.05, 0.1) is 18.7 Å². The fourth-order valence-electron chi connectivity index (χ4n) is 5.33. The number of urea groups is 1.